The Labute approximate surface area is 360 Å². The lowest BCUT2D eigenvalue weighted by Crippen LogP contribution is -2.81. The summed E-state index contributed by atoms with van der Waals surface area (Å²) in [5.74, 6) is -1.41. The second-order valence-corrected chi connectivity index (χ2v) is 18.0. The van der Waals surface area contributed by atoms with E-state index in [2.05, 4.69) is 81.1 Å². The number of aliphatic hydroxyl groups is 1. The Morgan fingerprint density at radius 3 is 2.47 bits per heavy atom. The lowest BCUT2D eigenvalue weighted by Gasteiger charge is -2.63. The van der Waals surface area contributed by atoms with Crippen molar-refractivity contribution in [1.29, 1.82) is 0 Å². The van der Waals surface area contributed by atoms with Crippen molar-refractivity contribution in [2.75, 3.05) is 63.9 Å². The van der Waals surface area contributed by atoms with Crippen molar-refractivity contribution in [2.45, 2.75) is 87.5 Å². The van der Waals surface area contributed by atoms with Crippen molar-refractivity contribution in [3.63, 3.8) is 0 Å². The zero-order chi connectivity index (χ0) is 42.1. The third-order valence-electron chi connectivity index (χ3n) is 14.6. The molecule has 5 heterocycles. The van der Waals surface area contributed by atoms with Gasteiger partial charge in [0.25, 0.3) is 0 Å². The van der Waals surface area contributed by atoms with Crippen LogP contribution in [0.5, 0.6) is 5.75 Å². The Hall–Kier alpha value is -3.92. The number of esters is 3. The molecule has 1 saturated carbocycles. The number of allylic oxidation sites excluding steroid dienone is 1. The van der Waals surface area contributed by atoms with Crippen molar-refractivity contribution in [2.24, 2.45) is 11.3 Å². The zero-order valence-corrected chi connectivity index (χ0v) is 37.3. The van der Waals surface area contributed by atoms with Gasteiger partial charge in [0, 0.05) is 82.3 Å². The van der Waals surface area contributed by atoms with Crippen LogP contribution in [-0.2, 0) is 45.8 Å². The first-order valence-corrected chi connectivity index (χ1v) is 22.4. The summed E-state index contributed by atoms with van der Waals surface area (Å²) in [6.45, 7) is 8.31. The lowest BCUT2D eigenvalue weighted by molar-refractivity contribution is -0.228. The number of likely N-dealkylation sites (N-methyl/N-ethyl adjacent to an activating group) is 1. The number of halogens is 1. The van der Waals surface area contributed by atoms with Crippen molar-refractivity contribution in [3.05, 3.63) is 82.6 Å². The van der Waals surface area contributed by atoms with Crippen LogP contribution in [0.3, 0.4) is 0 Å². The van der Waals surface area contributed by atoms with Gasteiger partial charge >= 0.3 is 17.9 Å². The number of methoxy groups -OCH3 is 3. The number of hydrogen-bond acceptors (Lipinski definition) is 11. The van der Waals surface area contributed by atoms with Crippen LogP contribution in [0, 0.1) is 11.3 Å². The number of aromatic amines is 1. The Morgan fingerprint density at radius 2 is 1.80 bits per heavy atom. The zero-order valence-electron chi connectivity index (χ0n) is 35.2. The standard InChI is InChI=1S/C46H57IN4O8/c1-8-28-21-29(25-47)24-45(41(53)57-6,37-31(15-18-48-26-28)30-13-10-11-14-34(30)49-37)33-22-32-35(23-36(33)56-5)50(4)39-44(32)17-20-51-19-12-16-43(9-2,38(44)51)40(59-27(3)52)46(39,55)42(54)58-7/h10-14,16,21-23,29,38-40,48-49,55H,8-9,15,17-20,24-26H2,1-7H3/b28-21-/t29?,38-,39+,40+,43+,44+,45-,46?/m0/s1. The molecule has 5 aliphatic rings. The molecule has 3 aromatic rings. The molecule has 0 bridgehead atoms. The van der Waals surface area contributed by atoms with Gasteiger partial charge in [-0.1, -0.05) is 78.4 Å². The van der Waals surface area contributed by atoms with E-state index in [4.69, 9.17) is 18.9 Å². The molecule has 8 atom stereocenters. The molecular weight excluding hydrogens is 863 g/mol. The summed E-state index contributed by atoms with van der Waals surface area (Å²) in [6.07, 6.45) is 8.21. The first-order valence-electron chi connectivity index (χ1n) is 20.9. The van der Waals surface area contributed by atoms with E-state index >= 15 is 4.79 Å². The van der Waals surface area contributed by atoms with E-state index in [-0.39, 0.29) is 12.0 Å². The number of carbonyl (C=O) groups is 3. The summed E-state index contributed by atoms with van der Waals surface area (Å²) < 4.78 is 24.8. The fraction of sp³-hybridized carbons (Fsp3) is 0.543. The monoisotopic (exact) mass is 920 g/mol. The van der Waals surface area contributed by atoms with Gasteiger partial charge in [0.1, 0.15) is 11.2 Å². The maximum Gasteiger partial charge on any atom is 0.344 e. The van der Waals surface area contributed by atoms with E-state index in [1.807, 2.05) is 37.1 Å². The molecule has 1 aromatic heterocycles. The highest BCUT2D eigenvalue weighted by atomic mass is 127. The molecule has 0 amide bonds. The van der Waals surface area contributed by atoms with Crippen LogP contribution in [0.2, 0.25) is 0 Å². The van der Waals surface area contributed by atoms with Gasteiger partial charge in [-0.3, -0.25) is 14.5 Å². The van der Waals surface area contributed by atoms with Gasteiger partial charge in [-0.25, -0.2) is 4.79 Å². The van der Waals surface area contributed by atoms with Gasteiger partial charge in [0.2, 0.25) is 5.60 Å². The van der Waals surface area contributed by atoms with Gasteiger partial charge in [-0.15, -0.1) is 0 Å². The third-order valence-corrected chi connectivity index (χ3v) is 15.7. The second-order valence-electron chi connectivity index (χ2n) is 17.1. The summed E-state index contributed by atoms with van der Waals surface area (Å²) in [7, 11) is 6.22. The molecule has 59 heavy (non-hydrogen) atoms. The number of carbonyl (C=O) groups excluding carboxylic acids is 3. The molecular formula is C46H57IN4O8. The van der Waals surface area contributed by atoms with E-state index < -0.39 is 51.9 Å². The minimum Gasteiger partial charge on any atom is -0.496 e. The molecule has 4 aliphatic heterocycles. The average molecular weight is 921 g/mol. The quantitative estimate of drug-likeness (QED) is 0.0867. The first-order chi connectivity index (χ1) is 28.4. The van der Waals surface area contributed by atoms with Gasteiger partial charge in [-0.2, -0.15) is 0 Å². The number of fused-ring (bicyclic) bond motifs is 4. The molecule has 0 radical (unpaired) electrons. The number of ether oxygens (including phenoxy) is 4. The lowest BCUT2D eigenvalue weighted by atomic mass is 9.47. The molecule has 2 aromatic carbocycles. The number of nitrogens with one attached hydrogen (secondary N) is 2. The Bertz CT molecular complexity index is 2240. The molecule has 13 heteroatoms. The number of rotatable bonds is 8. The molecule has 1 saturated heterocycles. The Kier molecular flexibility index (Phi) is 11.0. The maximum atomic E-state index is 15.4. The Morgan fingerprint density at radius 1 is 1.03 bits per heavy atom. The van der Waals surface area contributed by atoms with Crippen molar-refractivity contribution in [3.8, 4) is 5.75 Å². The summed E-state index contributed by atoms with van der Waals surface area (Å²) in [6, 6.07) is 11.1. The SMILES string of the molecule is CC/C1=C/C(CI)C[C@](C(=O)OC)(c2cc3c(cc2OC)N(C)[C@H]2C(O)(C(=O)OC)[C@H](OC(C)=O)[C@]4(CC)C=CCN5CC[C@]32[C@@H]54)c2[nH]c3ccccc3c2CCNC1. The average Bonchev–Trinajstić information content (AvgIpc) is 3.90. The number of para-hydroxylation sites is 1. The second kappa shape index (κ2) is 15.5. The number of nitrogens with zero attached hydrogens (tertiary/aromatic N) is 2. The van der Waals surface area contributed by atoms with E-state index in [1.54, 1.807) is 7.11 Å². The fourth-order valence-electron chi connectivity index (χ4n) is 12.4. The minimum absolute atomic E-state index is 0.0304. The predicted octanol–water partition coefficient (Wildman–Crippen LogP) is 5.51. The van der Waals surface area contributed by atoms with Crippen LogP contribution >= 0.6 is 22.6 Å². The van der Waals surface area contributed by atoms with Gasteiger partial charge in [-0.05, 0) is 74.4 Å². The predicted molar refractivity (Wildman–Crippen MR) is 234 cm³/mol. The number of H-pyrrole nitrogens is 1. The summed E-state index contributed by atoms with van der Waals surface area (Å²) in [5, 5.41) is 18.1. The van der Waals surface area contributed by atoms with Crippen LogP contribution in [0.4, 0.5) is 5.69 Å². The van der Waals surface area contributed by atoms with Crippen LogP contribution in [0.1, 0.15) is 68.8 Å². The molecule has 3 N–H and O–H groups in total. The van der Waals surface area contributed by atoms with E-state index in [0.717, 1.165) is 50.8 Å². The van der Waals surface area contributed by atoms with E-state index in [0.29, 0.717) is 56.6 Å². The highest BCUT2D eigenvalue weighted by molar-refractivity contribution is 14.1. The normalized spacial score (nSPS) is 33.4. The number of anilines is 1. The molecule has 1 aliphatic carbocycles. The topological polar surface area (TPSA) is 143 Å². The number of benzene rings is 2. The van der Waals surface area contributed by atoms with E-state index in [9.17, 15) is 14.7 Å². The maximum absolute atomic E-state index is 15.4. The highest BCUT2D eigenvalue weighted by Gasteiger charge is 2.80. The van der Waals surface area contributed by atoms with Gasteiger partial charge in [0.15, 0.2) is 6.10 Å². The minimum atomic E-state index is -2.29. The summed E-state index contributed by atoms with van der Waals surface area (Å²) in [5.41, 5.74) is 0.818. The molecule has 2 fully saturated rings. The fourth-order valence-corrected chi connectivity index (χ4v) is 12.9. The summed E-state index contributed by atoms with van der Waals surface area (Å²) >= 11 is 2.43. The van der Waals surface area contributed by atoms with Crippen LogP contribution in [-0.4, -0.2) is 116 Å². The number of aromatic nitrogens is 1. The van der Waals surface area contributed by atoms with Gasteiger partial charge < -0.3 is 39.3 Å². The largest absolute Gasteiger partial charge is 0.496 e. The molecule has 1 spiro atoms. The van der Waals surface area contributed by atoms with Crippen molar-refractivity contribution < 1.29 is 38.4 Å². The van der Waals surface area contributed by atoms with E-state index in [1.165, 1.54) is 26.7 Å². The van der Waals surface area contributed by atoms with Crippen LogP contribution in [0.15, 0.2) is 60.2 Å². The van der Waals surface area contributed by atoms with Crippen molar-refractivity contribution in [1.82, 2.24) is 15.2 Å². The first kappa shape index (κ1) is 41.8. The number of alkyl halides is 1. The smallest absolute Gasteiger partial charge is 0.344 e. The molecule has 2 unspecified atom stereocenters. The molecule has 12 nitrogen and oxygen atoms in total. The number of hydrogen-bond donors (Lipinski definition) is 3. The third kappa shape index (κ3) is 5.80. The highest BCUT2D eigenvalue weighted by Crippen LogP contribution is 2.68. The Balaban J connectivity index is 1.48. The summed E-state index contributed by atoms with van der Waals surface area (Å²) in [4.78, 5) is 50.9. The van der Waals surface area contributed by atoms with Crippen molar-refractivity contribution >= 4 is 57.1 Å². The molecule has 8 rings (SSSR count). The van der Waals surface area contributed by atoms with Crippen LogP contribution < -0.4 is 15.0 Å². The molecule has 316 valence electrons. The van der Waals surface area contributed by atoms with Gasteiger partial charge in [0.05, 0.1) is 27.4 Å². The van der Waals surface area contributed by atoms with Crippen LogP contribution in [0.25, 0.3) is 10.9 Å².